The first kappa shape index (κ1) is 14.8. The molecule has 0 aliphatic rings. The third-order valence-electron chi connectivity index (χ3n) is 2.74. The number of rotatable bonds is 4. The van der Waals surface area contributed by atoms with Crippen LogP contribution < -0.4 is 10.6 Å². The van der Waals surface area contributed by atoms with Crippen LogP contribution in [0.1, 0.15) is 11.7 Å². The molecule has 0 saturated heterocycles. The minimum Gasteiger partial charge on any atom is -0.387 e. The van der Waals surface area contributed by atoms with Crippen LogP contribution in [0.25, 0.3) is 0 Å². The molecule has 0 aromatic heterocycles. The number of aliphatic hydroxyl groups excluding tert-OH is 1. The first-order valence-corrected chi connectivity index (χ1v) is 7.26. The number of urea groups is 1. The standard InChI is InChI=1S/C15H15IN2O2/c16-12-6-8-13(9-7-12)18-15(20)17-10-14(19)11-4-2-1-3-5-11/h1-9,14,19H,10H2,(H2,17,18,20)/t14-/m0/s1. The van der Waals surface area contributed by atoms with Crippen molar-refractivity contribution in [3.8, 4) is 0 Å². The molecule has 0 saturated carbocycles. The predicted molar refractivity (Wildman–Crippen MR) is 87.6 cm³/mol. The van der Waals surface area contributed by atoms with Gasteiger partial charge in [0, 0.05) is 15.8 Å². The molecule has 0 fully saturated rings. The summed E-state index contributed by atoms with van der Waals surface area (Å²) < 4.78 is 1.10. The van der Waals surface area contributed by atoms with Gasteiger partial charge in [-0.25, -0.2) is 4.79 Å². The van der Waals surface area contributed by atoms with Gasteiger partial charge in [-0.05, 0) is 52.4 Å². The van der Waals surface area contributed by atoms with Gasteiger partial charge in [0.2, 0.25) is 0 Å². The molecule has 2 aromatic rings. The zero-order valence-corrected chi connectivity index (χ0v) is 12.9. The normalized spacial score (nSPS) is 11.7. The topological polar surface area (TPSA) is 61.4 Å². The van der Waals surface area contributed by atoms with E-state index in [0.717, 1.165) is 14.8 Å². The molecule has 0 aliphatic carbocycles. The van der Waals surface area contributed by atoms with E-state index in [1.54, 1.807) is 0 Å². The number of aliphatic hydroxyl groups is 1. The lowest BCUT2D eigenvalue weighted by atomic mass is 10.1. The second kappa shape index (κ2) is 7.25. The van der Waals surface area contributed by atoms with E-state index in [9.17, 15) is 9.90 Å². The molecule has 2 amide bonds. The van der Waals surface area contributed by atoms with Crippen molar-refractivity contribution >= 4 is 34.3 Å². The molecule has 2 rings (SSSR count). The summed E-state index contributed by atoms with van der Waals surface area (Å²) in [6.45, 7) is 0.167. The molecule has 0 spiro atoms. The molecule has 0 bridgehead atoms. The number of hydrogen-bond acceptors (Lipinski definition) is 2. The Kier molecular flexibility index (Phi) is 5.37. The Hall–Kier alpha value is -1.60. The van der Waals surface area contributed by atoms with Crippen molar-refractivity contribution in [2.75, 3.05) is 11.9 Å². The smallest absolute Gasteiger partial charge is 0.319 e. The van der Waals surface area contributed by atoms with Gasteiger partial charge in [0.1, 0.15) is 0 Å². The molecule has 4 nitrogen and oxygen atoms in total. The van der Waals surface area contributed by atoms with Crippen LogP contribution in [0.3, 0.4) is 0 Å². The second-order valence-corrected chi connectivity index (χ2v) is 5.51. The second-order valence-electron chi connectivity index (χ2n) is 4.27. The lowest BCUT2D eigenvalue weighted by Crippen LogP contribution is -2.32. The van der Waals surface area contributed by atoms with Crippen LogP contribution in [0.4, 0.5) is 10.5 Å². The lowest BCUT2D eigenvalue weighted by Gasteiger charge is -2.13. The molecular formula is C15H15IN2O2. The zero-order chi connectivity index (χ0) is 14.4. The summed E-state index contributed by atoms with van der Waals surface area (Å²) >= 11 is 2.20. The predicted octanol–water partition coefficient (Wildman–Crippen LogP) is 3.15. The van der Waals surface area contributed by atoms with Gasteiger partial charge in [0.25, 0.3) is 0 Å². The third kappa shape index (κ3) is 4.50. The van der Waals surface area contributed by atoms with Crippen LogP contribution >= 0.6 is 22.6 Å². The molecular weight excluding hydrogens is 367 g/mol. The maximum absolute atomic E-state index is 11.7. The lowest BCUT2D eigenvalue weighted by molar-refractivity contribution is 0.175. The van der Waals surface area contributed by atoms with Crippen molar-refractivity contribution in [3.05, 3.63) is 63.7 Å². The fourth-order valence-corrected chi connectivity index (χ4v) is 2.05. The first-order chi connectivity index (χ1) is 9.65. The van der Waals surface area contributed by atoms with E-state index in [-0.39, 0.29) is 12.6 Å². The number of halogens is 1. The maximum atomic E-state index is 11.7. The minimum absolute atomic E-state index is 0.167. The molecule has 20 heavy (non-hydrogen) atoms. The average molecular weight is 382 g/mol. The van der Waals surface area contributed by atoms with E-state index >= 15 is 0 Å². The van der Waals surface area contributed by atoms with Gasteiger partial charge in [0.15, 0.2) is 0 Å². The SMILES string of the molecule is O=C(NC[C@H](O)c1ccccc1)Nc1ccc(I)cc1. The highest BCUT2D eigenvalue weighted by molar-refractivity contribution is 14.1. The molecule has 0 aliphatic heterocycles. The average Bonchev–Trinajstić information content (AvgIpc) is 2.48. The molecule has 1 atom stereocenters. The highest BCUT2D eigenvalue weighted by atomic mass is 127. The minimum atomic E-state index is -0.710. The monoisotopic (exact) mass is 382 g/mol. The van der Waals surface area contributed by atoms with Gasteiger partial charge in [-0.2, -0.15) is 0 Å². The van der Waals surface area contributed by atoms with E-state index in [1.807, 2.05) is 54.6 Å². The van der Waals surface area contributed by atoms with Gasteiger partial charge in [-0.3, -0.25) is 0 Å². The van der Waals surface area contributed by atoms with E-state index in [2.05, 4.69) is 33.2 Å². The Bertz CT molecular complexity index is 558. The Labute approximate surface area is 131 Å². The van der Waals surface area contributed by atoms with Gasteiger partial charge in [-0.1, -0.05) is 30.3 Å². The summed E-state index contributed by atoms with van der Waals surface area (Å²) in [5, 5.41) is 15.3. The van der Waals surface area contributed by atoms with E-state index < -0.39 is 6.10 Å². The highest BCUT2D eigenvalue weighted by Gasteiger charge is 2.08. The summed E-state index contributed by atoms with van der Waals surface area (Å²) in [4.78, 5) is 11.7. The molecule has 0 radical (unpaired) electrons. The zero-order valence-electron chi connectivity index (χ0n) is 10.7. The number of nitrogens with one attached hydrogen (secondary N) is 2. The summed E-state index contributed by atoms with van der Waals surface area (Å²) in [5.74, 6) is 0. The van der Waals surface area contributed by atoms with Gasteiger partial charge in [0.05, 0.1) is 6.10 Å². The Balaban J connectivity index is 1.82. The van der Waals surface area contributed by atoms with Gasteiger partial charge in [-0.15, -0.1) is 0 Å². The van der Waals surface area contributed by atoms with Gasteiger partial charge < -0.3 is 15.7 Å². The van der Waals surface area contributed by atoms with Crippen molar-refractivity contribution in [1.29, 1.82) is 0 Å². The number of amides is 2. The van der Waals surface area contributed by atoms with E-state index in [4.69, 9.17) is 0 Å². The summed E-state index contributed by atoms with van der Waals surface area (Å²) in [6.07, 6.45) is -0.710. The van der Waals surface area contributed by atoms with Crippen LogP contribution in [0.5, 0.6) is 0 Å². The van der Waals surface area contributed by atoms with Crippen LogP contribution in [0.2, 0.25) is 0 Å². The van der Waals surface area contributed by atoms with Crippen LogP contribution in [0, 0.1) is 3.57 Å². The molecule has 3 N–H and O–H groups in total. The number of carbonyl (C=O) groups excluding carboxylic acids is 1. The number of benzene rings is 2. The fourth-order valence-electron chi connectivity index (χ4n) is 1.69. The third-order valence-corrected chi connectivity index (χ3v) is 3.46. The van der Waals surface area contributed by atoms with Crippen molar-refractivity contribution in [1.82, 2.24) is 5.32 Å². The summed E-state index contributed by atoms with van der Waals surface area (Å²) in [7, 11) is 0. The summed E-state index contributed by atoms with van der Waals surface area (Å²) in [6, 6.07) is 16.4. The highest BCUT2D eigenvalue weighted by Crippen LogP contribution is 2.12. The Morgan fingerprint density at radius 1 is 1.10 bits per heavy atom. The Morgan fingerprint density at radius 3 is 2.40 bits per heavy atom. The quantitative estimate of drug-likeness (QED) is 0.712. The van der Waals surface area contributed by atoms with Crippen molar-refractivity contribution < 1.29 is 9.90 Å². The molecule has 5 heteroatoms. The van der Waals surface area contributed by atoms with E-state index in [0.29, 0.717) is 0 Å². The molecule has 104 valence electrons. The first-order valence-electron chi connectivity index (χ1n) is 6.18. The van der Waals surface area contributed by atoms with Crippen molar-refractivity contribution in [3.63, 3.8) is 0 Å². The molecule has 0 unspecified atom stereocenters. The molecule has 2 aromatic carbocycles. The fraction of sp³-hybridized carbons (Fsp3) is 0.133. The van der Waals surface area contributed by atoms with Crippen LogP contribution in [-0.2, 0) is 0 Å². The van der Waals surface area contributed by atoms with Gasteiger partial charge >= 0.3 is 6.03 Å². The van der Waals surface area contributed by atoms with E-state index in [1.165, 1.54) is 0 Å². The molecule has 0 heterocycles. The van der Waals surface area contributed by atoms with Crippen molar-refractivity contribution in [2.24, 2.45) is 0 Å². The number of hydrogen-bond donors (Lipinski definition) is 3. The largest absolute Gasteiger partial charge is 0.387 e. The van der Waals surface area contributed by atoms with Crippen LogP contribution in [0.15, 0.2) is 54.6 Å². The number of anilines is 1. The maximum Gasteiger partial charge on any atom is 0.319 e. The van der Waals surface area contributed by atoms with Crippen LogP contribution in [-0.4, -0.2) is 17.7 Å². The number of carbonyl (C=O) groups is 1. The summed E-state index contributed by atoms with van der Waals surface area (Å²) in [5.41, 5.74) is 1.50. The Morgan fingerprint density at radius 2 is 1.75 bits per heavy atom. The van der Waals surface area contributed by atoms with Crippen molar-refractivity contribution in [2.45, 2.75) is 6.10 Å².